The van der Waals surface area contributed by atoms with Gasteiger partial charge in [-0.1, -0.05) is 19.1 Å². The SMILES string of the molecule is CCC(NC(=O)c1ccc2cc(C(=O)O)ccc2c1)C(C)(C)O. The van der Waals surface area contributed by atoms with Crippen LogP contribution in [0.25, 0.3) is 10.8 Å². The molecule has 3 N–H and O–H groups in total. The number of rotatable bonds is 5. The molecule has 122 valence electrons. The van der Waals surface area contributed by atoms with E-state index in [0.717, 1.165) is 10.8 Å². The van der Waals surface area contributed by atoms with E-state index in [1.165, 1.54) is 6.07 Å². The van der Waals surface area contributed by atoms with Crippen LogP contribution in [0.1, 0.15) is 47.9 Å². The van der Waals surface area contributed by atoms with Gasteiger partial charge >= 0.3 is 5.97 Å². The fourth-order valence-corrected chi connectivity index (χ4v) is 2.54. The molecule has 2 aromatic rings. The minimum Gasteiger partial charge on any atom is -0.478 e. The standard InChI is InChI=1S/C18H21NO4/c1-4-15(18(2,3)23)19-16(20)13-7-5-12-10-14(17(21)22)8-6-11(12)9-13/h5-10,15,23H,4H2,1-3H3,(H,19,20)(H,21,22). The Morgan fingerprint density at radius 1 is 1.09 bits per heavy atom. The third-order valence-electron chi connectivity index (χ3n) is 3.92. The van der Waals surface area contributed by atoms with Gasteiger partial charge in [-0.15, -0.1) is 0 Å². The number of carboxylic acid groups (broad SMARTS) is 1. The van der Waals surface area contributed by atoms with Crippen LogP contribution in [0.15, 0.2) is 36.4 Å². The van der Waals surface area contributed by atoms with Gasteiger partial charge in [-0.05, 0) is 55.3 Å². The zero-order valence-corrected chi connectivity index (χ0v) is 13.5. The first-order valence-electron chi connectivity index (χ1n) is 7.52. The minimum absolute atomic E-state index is 0.211. The summed E-state index contributed by atoms with van der Waals surface area (Å²) in [5, 5.41) is 23.4. The molecule has 5 nitrogen and oxygen atoms in total. The summed E-state index contributed by atoms with van der Waals surface area (Å²) < 4.78 is 0. The summed E-state index contributed by atoms with van der Waals surface area (Å²) in [6.07, 6.45) is 0.616. The molecule has 0 saturated heterocycles. The van der Waals surface area contributed by atoms with E-state index in [9.17, 15) is 14.7 Å². The smallest absolute Gasteiger partial charge is 0.335 e. The van der Waals surface area contributed by atoms with Gasteiger partial charge in [0.25, 0.3) is 5.91 Å². The van der Waals surface area contributed by atoms with Crippen LogP contribution in [0, 0.1) is 0 Å². The molecule has 1 unspecified atom stereocenters. The second kappa shape index (κ2) is 6.38. The van der Waals surface area contributed by atoms with Gasteiger partial charge < -0.3 is 15.5 Å². The van der Waals surface area contributed by atoms with Crippen LogP contribution in [0.2, 0.25) is 0 Å². The van der Waals surface area contributed by atoms with Crippen LogP contribution in [0.3, 0.4) is 0 Å². The second-order valence-electron chi connectivity index (χ2n) is 6.17. The van der Waals surface area contributed by atoms with Gasteiger partial charge in [0.15, 0.2) is 0 Å². The van der Waals surface area contributed by atoms with Crippen molar-refractivity contribution >= 4 is 22.6 Å². The number of hydrogen-bond donors (Lipinski definition) is 3. The summed E-state index contributed by atoms with van der Waals surface area (Å²) in [6.45, 7) is 5.22. The van der Waals surface area contributed by atoms with Crippen molar-refractivity contribution in [2.24, 2.45) is 0 Å². The predicted octanol–water partition coefficient (Wildman–Crippen LogP) is 2.82. The molecule has 0 spiro atoms. The van der Waals surface area contributed by atoms with Crippen LogP contribution < -0.4 is 5.32 Å². The van der Waals surface area contributed by atoms with Gasteiger partial charge in [-0.3, -0.25) is 4.79 Å². The topological polar surface area (TPSA) is 86.6 Å². The van der Waals surface area contributed by atoms with E-state index >= 15 is 0 Å². The van der Waals surface area contributed by atoms with E-state index < -0.39 is 11.6 Å². The molecule has 1 atom stereocenters. The second-order valence-corrected chi connectivity index (χ2v) is 6.17. The molecular weight excluding hydrogens is 294 g/mol. The first-order valence-corrected chi connectivity index (χ1v) is 7.52. The third-order valence-corrected chi connectivity index (χ3v) is 3.92. The molecule has 2 rings (SSSR count). The molecular formula is C18H21NO4. The number of carbonyl (C=O) groups excluding carboxylic acids is 1. The minimum atomic E-state index is -1.00. The van der Waals surface area contributed by atoms with E-state index in [1.54, 1.807) is 44.2 Å². The van der Waals surface area contributed by atoms with Crippen molar-refractivity contribution in [3.8, 4) is 0 Å². The van der Waals surface area contributed by atoms with Crippen molar-refractivity contribution < 1.29 is 19.8 Å². The van der Waals surface area contributed by atoms with Crippen molar-refractivity contribution in [1.29, 1.82) is 0 Å². The average Bonchev–Trinajstić information content (AvgIpc) is 2.49. The molecule has 0 fully saturated rings. The van der Waals surface area contributed by atoms with Crippen molar-refractivity contribution in [2.45, 2.75) is 38.8 Å². The van der Waals surface area contributed by atoms with Crippen LogP contribution in [-0.4, -0.2) is 33.7 Å². The summed E-state index contributed by atoms with van der Waals surface area (Å²) in [5.74, 6) is -1.24. The molecule has 0 saturated carbocycles. The highest BCUT2D eigenvalue weighted by Gasteiger charge is 2.26. The van der Waals surface area contributed by atoms with Gasteiger partial charge in [0.2, 0.25) is 0 Å². The Hall–Kier alpha value is -2.40. The molecule has 0 bridgehead atoms. The number of aliphatic hydroxyl groups is 1. The summed E-state index contributed by atoms with van der Waals surface area (Å²) >= 11 is 0. The Bertz CT molecular complexity index is 746. The Labute approximate surface area is 134 Å². The van der Waals surface area contributed by atoms with E-state index in [4.69, 9.17) is 5.11 Å². The van der Waals surface area contributed by atoms with E-state index in [2.05, 4.69) is 5.32 Å². The third kappa shape index (κ3) is 3.87. The lowest BCUT2D eigenvalue weighted by atomic mass is 9.96. The molecule has 0 aromatic heterocycles. The lowest BCUT2D eigenvalue weighted by Gasteiger charge is -2.29. The molecule has 0 aliphatic rings. The number of amides is 1. The lowest BCUT2D eigenvalue weighted by Crippen LogP contribution is -2.48. The molecule has 2 aromatic carbocycles. The molecule has 0 heterocycles. The summed E-state index contributed by atoms with van der Waals surface area (Å²) in [7, 11) is 0. The van der Waals surface area contributed by atoms with E-state index in [1.807, 2.05) is 6.92 Å². The first kappa shape index (κ1) is 17.0. The maximum Gasteiger partial charge on any atom is 0.335 e. The highest BCUT2D eigenvalue weighted by atomic mass is 16.4. The maximum atomic E-state index is 12.4. The van der Waals surface area contributed by atoms with Gasteiger partial charge in [-0.25, -0.2) is 4.79 Å². The van der Waals surface area contributed by atoms with E-state index in [-0.39, 0.29) is 17.5 Å². The Morgan fingerprint density at radius 2 is 1.61 bits per heavy atom. The Morgan fingerprint density at radius 3 is 2.09 bits per heavy atom. The molecule has 0 aliphatic carbocycles. The van der Waals surface area contributed by atoms with Gasteiger partial charge in [0.1, 0.15) is 0 Å². The Kier molecular flexibility index (Phi) is 4.71. The summed E-state index contributed by atoms with van der Waals surface area (Å²) in [6, 6.07) is 9.52. The number of hydrogen-bond acceptors (Lipinski definition) is 3. The number of fused-ring (bicyclic) bond motifs is 1. The number of carboxylic acids is 1. The fraction of sp³-hybridized carbons (Fsp3) is 0.333. The highest BCUT2D eigenvalue weighted by molar-refractivity contribution is 6.00. The normalized spacial score (nSPS) is 12.9. The van der Waals surface area contributed by atoms with Crippen LogP contribution >= 0.6 is 0 Å². The van der Waals surface area contributed by atoms with E-state index in [0.29, 0.717) is 12.0 Å². The van der Waals surface area contributed by atoms with Crippen molar-refractivity contribution in [1.82, 2.24) is 5.32 Å². The first-order chi connectivity index (χ1) is 10.7. The summed E-state index contributed by atoms with van der Waals surface area (Å²) in [4.78, 5) is 23.3. The molecule has 5 heteroatoms. The lowest BCUT2D eigenvalue weighted by molar-refractivity contribution is 0.0337. The number of benzene rings is 2. The maximum absolute atomic E-state index is 12.4. The quantitative estimate of drug-likeness (QED) is 0.792. The molecule has 23 heavy (non-hydrogen) atoms. The van der Waals surface area contributed by atoms with Crippen molar-refractivity contribution in [2.75, 3.05) is 0 Å². The largest absolute Gasteiger partial charge is 0.478 e. The van der Waals surface area contributed by atoms with Crippen molar-refractivity contribution in [3.05, 3.63) is 47.5 Å². The molecule has 0 aliphatic heterocycles. The summed E-state index contributed by atoms with van der Waals surface area (Å²) in [5.41, 5.74) is -0.316. The molecule has 1 amide bonds. The molecule has 0 radical (unpaired) electrons. The average molecular weight is 315 g/mol. The number of nitrogens with one attached hydrogen (secondary N) is 1. The van der Waals surface area contributed by atoms with Gasteiger partial charge in [-0.2, -0.15) is 0 Å². The highest BCUT2D eigenvalue weighted by Crippen LogP contribution is 2.19. The fourth-order valence-electron chi connectivity index (χ4n) is 2.54. The zero-order valence-electron chi connectivity index (χ0n) is 13.5. The number of carbonyl (C=O) groups is 2. The van der Waals surface area contributed by atoms with Gasteiger partial charge in [0, 0.05) is 5.56 Å². The number of aromatic carboxylic acids is 1. The van der Waals surface area contributed by atoms with Crippen molar-refractivity contribution in [3.63, 3.8) is 0 Å². The predicted molar refractivity (Wildman–Crippen MR) is 88.8 cm³/mol. The van der Waals surface area contributed by atoms with Gasteiger partial charge in [0.05, 0.1) is 17.2 Å². The van der Waals surface area contributed by atoms with Crippen LogP contribution in [0.4, 0.5) is 0 Å². The Balaban J connectivity index is 2.28. The monoisotopic (exact) mass is 315 g/mol. The van der Waals surface area contributed by atoms with Crippen LogP contribution in [-0.2, 0) is 0 Å². The zero-order chi connectivity index (χ0) is 17.2. The van der Waals surface area contributed by atoms with Crippen LogP contribution in [0.5, 0.6) is 0 Å².